The number of H-pyrrole nitrogens is 1. The van der Waals surface area contributed by atoms with Crippen molar-refractivity contribution in [1.29, 1.82) is 0 Å². The van der Waals surface area contributed by atoms with Crippen LogP contribution >= 0.6 is 11.8 Å². The lowest BCUT2D eigenvalue weighted by Gasteiger charge is -2.16. The van der Waals surface area contributed by atoms with Gasteiger partial charge in [-0.1, -0.05) is 25.6 Å². The zero-order chi connectivity index (χ0) is 12.0. The van der Waals surface area contributed by atoms with Crippen LogP contribution in [-0.2, 0) is 0 Å². The van der Waals surface area contributed by atoms with Gasteiger partial charge in [0, 0.05) is 18.4 Å². The molecule has 0 aliphatic heterocycles. The summed E-state index contributed by atoms with van der Waals surface area (Å²) < 4.78 is 0. The Bertz CT molecular complexity index is 375. The lowest BCUT2D eigenvalue weighted by Crippen LogP contribution is -2.25. The van der Waals surface area contributed by atoms with E-state index in [1.54, 1.807) is 0 Å². The number of nitrogens with two attached hydrogens (primary N) is 1. The van der Waals surface area contributed by atoms with Crippen LogP contribution in [0.2, 0.25) is 0 Å². The zero-order valence-corrected chi connectivity index (χ0v) is 10.5. The summed E-state index contributed by atoms with van der Waals surface area (Å²) in [6.45, 7) is 7.33. The minimum atomic E-state index is -0.196. The van der Waals surface area contributed by atoms with E-state index in [0.717, 1.165) is 25.4 Å². The molecule has 1 aromatic rings. The molecule has 0 aliphatic rings. The number of nitrogen functional groups attached to an aromatic ring is 1. The highest BCUT2D eigenvalue weighted by Crippen LogP contribution is 2.11. The standard InChI is InChI=1S/C10H18N4OS/c1-3-14(4-2)5-6-16-10-12-8(11)7-9(15)13-10/h7H,3-6H2,1-2H3,(H3,11,12,13,15). The molecule has 0 fully saturated rings. The van der Waals surface area contributed by atoms with Gasteiger partial charge in [-0.3, -0.25) is 4.79 Å². The first-order chi connectivity index (χ1) is 7.65. The van der Waals surface area contributed by atoms with E-state index in [4.69, 9.17) is 5.73 Å². The Balaban J connectivity index is 2.45. The van der Waals surface area contributed by atoms with Crippen molar-refractivity contribution in [3.63, 3.8) is 0 Å². The van der Waals surface area contributed by atoms with Crippen LogP contribution in [-0.4, -0.2) is 40.3 Å². The molecule has 0 saturated heterocycles. The van der Waals surface area contributed by atoms with Crippen molar-refractivity contribution in [1.82, 2.24) is 14.9 Å². The first-order valence-corrected chi connectivity index (χ1v) is 6.36. The molecule has 5 nitrogen and oxygen atoms in total. The highest BCUT2D eigenvalue weighted by atomic mass is 32.2. The smallest absolute Gasteiger partial charge is 0.253 e. The summed E-state index contributed by atoms with van der Waals surface area (Å²) >= 11 is 1.52. The molecule has 1 aromatic heterocycles. The maximum Gasteiger partial charge on any atom is 0.253 e. The lowest BCUT2D eigenvalue weighted by atomic mass is 10.5. The van der Waals surface area contributed by atoms with Crippen LogP contribution in [0.25, 0.3) is 0 Å². The van der Waals surface area contributed by atoms with Crippen molar-refractivity contribution in [2.45, 2.75) is 19.0 Å². The van der Waals surface area contributed by atoms with Crippen molar-refractivity contribution < 1.29 is 0 Å². The molecule has 1 rings (SSSR count). The average Bonchev–Trinajstić information content (AvgIpc) is 2.23. The van der Waals surface area contributed by atoms with Gasteiger partial charge in [0.15, 0.2) is 5.16 Å². The van der Waals surface area contributed by atoms with Crippen LogP contribution in [0.15, 0.2) is 16.0 Å². The van der Waals surface area contributed by atoms with Crippen molar-refractivity contribution in [3.8, 4) is 0 Å². The Morgan fingerprint density at radius 2 is 2.19 bits per heavy atom. The summed E-state index contributed by atoms with van der Waals surface area (Å²) in [5.41, 5.74) is 5.29. The van der Waals surface area contributed by atoms with E-state index in [0.29, 0.717) is 5.16 Å². The van der Waals surface area contributed by atoms with Gasteiger partial charge in [0.1, 0.15) is 5.82 Å². The first-order valence-electron chi connectivity index (χ1n) is 5.37. The summed E-state index contributed by atoms with van der Waals surface area (Å²) in [5, 5.41) is 0.595. The zero-order valence-electron chi connectivity index (χ0n) is 9.69. The first kappa shape index (κ1) is 13.1. The van der Waals surface area contributed by atoms with Gasteiger partial charge in [0.05, 0.1) is 0 Å². The molecule has 6 heteroatoms. The fourth-order valence-corrected chi connectivity index (χ4v) is 2.22. The number of thioether (sulfide) groups is 1. The van der Waals surface area contributed by atoms with Crippen molar-refractivity contribution in [2.24, 2.45) is 0 Å². The molecule has 1 heterocycles. The van der Waals surface area contributed by atoms with E-state index >= 15 is 0 Å². The van der Waals surface area contributed by atoms with Gasteiger partial charge in [-0.2, -0.15) is 0 Å². The number of anilines is 1. The predicted molar refractivity (Wildman–Crippen MR) is 67.8 cm³/mol. The Morgan fingerprint density at radius 3 is 2.75 bits per heavy atom. The fourth-order valence-electron chi connectivity index (χ4n) is 1.33. The third kappa shape index (κ3) is 4.24. The molecule has 0 amide bonds. The molecule has 0 radical (unpaired) electrons. The average molecular weight is 242 g/mol. The van der Waals surface area contributed by atoms with E-state index in [1.165, 1.54) is 17.8 Å². The van der Waals surface area contributed by atoms with E-state index in [9.17, 15) is 4.79 Å². The van der Waals surface area contributed by atoms with Crippen LogP contribution in [0.5, 0.6) is 0 Å². The molecule has 0 bridgehead atoms. The lowest BCUT2D eigenvalue weighted by molar-refractivity contribution is 0.324. The van der Waals surface area contributed by atoms with Crippen molar-refractivity contribution >= 4 is 17.6 Å². The molecule has 16 heavy (non-hydrogen) atoms. The van der Waals surface area contributed by atoms with E-state index in [2.05, 4.69) is 28.7 Å². The van der Waals surface area contributed by atoms with Crippen LogP contribution in [0.3, 0.4) is 0 Å². The third-order valence-electron chi connectivity index (χ3n) is 2.28. The number of nitrogens with one attached hydrogen (secondary N) is 1. The van der Waals surface area contributed by atoms with Crippen LogP contribution in [0.1, 0.15) is 13.8 Å². The topological polar surface area (TPSA) is 75.0 Å². The minimum Gasteiger partial charge on any atom is -0.383 e. The third-order valence-corrected chi connectivity index (χ3v) is 3.13. The molecule has 0 aliphatic carbocycles. The number of rotatable bonds is 6. The molecule has 0 aromatic carbocycles. The molecule has 3 N–H and O–H groups in total. The predicted octanol–water partition coefficient (Wildman–Crippen LogP) is 0.786. The molecule has 0 unspecified atom stereocenters. The minimum absolute atomic E-state index is 0.196. The van der Waals surface area contributed by atoms with Gasteiger partial charge in [-0.25, -0.2) is 4.98 Å². The number of nitrogens with zero attached hydrogens (tertiary/aromatic N) is 2. The number of aromatic nitrogens is 2. The van der Waals surface area contributed by atoms with Gasteiger partial charge in [0.25, 0.3) is 5.56 Å². The Labute approximate surface area is 99.4 Å². The number of aromatic amines is 1. The highest BCUT2D eigenvalue weighted by Gasteiger charge is 2.02. The summed E-state index contributed by atoms with van der Waals surface area (Å²) in [5.74, 6) is 1.17. The Hall–Kier alpha value is -1.01. The maximum atomic E-state index is 11.1. The van der Waals surface area contributed by atoms with Crippen molar-refractivity contribution in [3.05, 3.63) is 16.4 Å². The maximum absolute atomic E-state index is 11.1. The largest absolute Gasteiger partial charge is 0.383 e. The second-order valence-electron chi connectivity index (χ2n) is 3.35. The van der Waals surface area contributed by atoms with Crippen LogP contribution < -0.4 is 11.3 Å². The van der Waals surface area contributed by atoms with Gasteiger partial charge in [-0.05, 0) is 13.1 Å². The second-order valence-corrected chi connectivity index (χ2v) is 4.43. The number of hydrogen-bond donors (Lipinski definition) is 2. The van der Waals surface area contributed by atoms with Gasteiger partial charge >= 0.3 is 0 Å². The van der Waals surface area contributed by atoms with Gasteiger partial charge in [-0.15, -0.1) is 0 Å². The molecular formula is C10H18N4OS. The number of hydrogen-bond acceptors (Lipinski definition) is 5. The summed E-state index contributed by atoms with van der Waals surface area (Å²) in [6.07, 6.45) is 0. The SMILES string of the molecule is CCN(CC)CCSc1nc(N)cc(=O)[nH]1. The molecular weight excluding hydrogens is 224 g/mol. The van der Waals surface area contributed by atoms with Crippen molar-refractivity contribution in [2.75, 3.05) is 31.1 Å². The Morgan fingerprint density at radius 1 is 1.50 bits per heavy atom. The fraction of sp³-hybridized carbons (Fsp3) is 0.600. The van der Waals surface area contributed by atoms with Crippen LogP contribution in [0, 0.1) is 0 Å². The van der Waals surface area contributed by atoms with Gasteiger partial charge < -0.3 is 15.6 Å². The quantitative estimate of drug-likeness (QED) is 0.570. The highest BCUT2D eigenvalue weighted by molar-refractivity contribution is 7.99. The molecule has 0 spiro atoms. The monoisotopic (exact) mass is 242 g/mol. The summed E-state index contributed by atoms with van der Waals surface area (Å²) in [7, 11) is 0. The molecule has 90 valence electrons. The van der Waals surface area contributed by atoms with Gasteiger partial charge in [0.2, 0.25) is 0 Å². The Kier molecular flexibility index (Phi) is 5.34. The molecule has 0 atom stereocenters. The summed E-state index contributed by atoms with van der Waals surface area (Å²) in [4.78, 5) is 20.1. The summed E-state index contributed by atoms with van der Waals surface area (Å²) in [6, 6.07) is 1.29. The second kappa shape index (κ2) is 6.55. The van der Waals surface area contributed by atoms with E-state index in [-0.39, 0.29) is 11.4 Å². The molecule has 0 saturated carbocycles. The van der Waals surface area contributed by atoms with E-state index < -0.39 is 0 Å². The normalized spacial score (nSPS) is 10.9. The van der Waals surface area contributed by atoms with E-state index in [1.807, 2.05) is 0 Å². The van der Waals surface area contributed by atoms with Crippen LogP contribution in [0.4, 0.5) is 5.82 Å².